The Bertz CT molecular complexity index is 340. The lowest BCUT2D eigenvalue weighted by Crippen LogP contribution is -2.11. The van der Waals surface area contributed by atoms with Crippen LogP contribution < -0.4 is 10.1 Å². The van der Waals surface area contributed by atoms with E-state index >= 15 is 0 Å². The highest BCUT2D eigenvalue weighted by molar-refractivity contribution is 6.26. The second-order valence-electron chi connectivity index (χ2n) is 2.75. The Balaban J connectivity index is 2.60. The smallest absolute Gasteiger partial charge is 0.411 e. The van der Waals surface area contributed by atoms with Gasteiger partial charge in [-0.15, -0.1) is 11.6 Å². The molecule has 0 heterocycles. The lowest BCUT2D eigenvalue weighted by atomic mass is 10.3. The molecule has 0 aliphatic heterocycles. The molecule has 0 saturated carbocycles. The van der Waals surface area contributed by atoms with Gasteiger partial charge >= 0.3 is 12.1 Å². The van der Waals surface area contributed by atoms with Crippen LogP contribution in [0.1, 0.15) is 0 Å². The van der Waals surface area contributed by atoms with Crippen LogP contribution in [0.15, 0.2) is 24.3 Å². The second kappa shape index (κ2) is 5.97. The average molecular weight is 244 g/mol. The summed E-state index contributed by atoms with van der Waals surface area (Å²) < 4.78 is 9.25. The van der Waals surface area contributed by atoms with Crippen LogP contribution in [-0.4, -0.2) is 25.1 Å². The molecule has 1 aromatic rings. The molecule has 0 unspecified atom stereocenters. The van der Waals surface area contributed by atoms with Crippen LogP contribution in [0.5, 0.6) is 5.75 Å². The number of amides is 1. The summed E-state index contributed by atoms with van der Waals surface area (Å²) >= 11 is 5.27. The van der Waals surface area contributed by atoms with Crippen molar-refractivity contribution in [1.29, 1.82) is 0 Å². The minimum atomic E-state index is -0.564. The van der Waals surface area contributed by atoms with Gasteiger partial charge in [0.05, 0.1) is 7.11 Å². The molecule has 1 aromatic carbocycles. The fraction of sp³-hybridized carbons (Fsp3) is 0.200. The van der Waals surface area contributed by atoms with Crippen molar-refractivity contribution in [1.82, 2.24) is 0 Å². The Hall–Kier alpha value is -1.75. The van der Waals surface area contributed by atoms with Crippen molar-refractivity contribution in [3.05, 3.63) is 24.3 Å². The van der Waals surface area contributed by atoms with Gasteiger partial charge in [0.1, 0.15) is 11.6 Å². The minimum Gasteiger partial charge on any atom is -0.453 e. The zero-order chi connectivity index (χ0) is 12.0. The maximum atomic E-state index is 10.9. The molecule has 0 aliphatic rings. The van der Waals surface area contributed by atoms with Gasteiger partial charge in [-0.25, -0.2) is 4.79 Å². The quantitative estimate of drug-likeness (QED) is 0.501. The molecule has 5 nitrogen and oxygen atoms in total. The standard InChI is InChI=1S/C10H10ClNO4/c1-15-10(14)12-7-2-4-8(5-3-7)16-9(13)6-11/h2-5H,6H2,1H3,(H,12,14). The molecule has 6 heteroatoms. The van der Waals surface area contributed by atoms with Crippen molar-refractivity contribution in [2.45, 2.75) is 0 Å². The lowest BCUT2D eigenvalue weighted by molar-refractivity contribution is -0.131. The van der Waals surface area contributed by atoms with Crippen molar-refractivity contribution < 1.29 is 19.1 Å². The molecule has 1 N–H and O–H groups in total. The van der Waals surface area contributed by atoms with E-state index in [9.17, 15) is 9.59 Å². The van der Waals surface area contributed by atoms with Crippen LogP contribution in [-0.2, 0) is 9.53 Å². The van der Waals surface area contributed by atoms with E-state index in [4.69, 9.17) is 16.3 Å². The van der Waals surface area contributed by atoms with Gasteiger partial charge in [-0.2, -0.15) is 0 Å². The molecule has 0 bridgehead atoms. The number of alkyl halides is 1. The summed E-state index contributed by atoms with van der Waals surface area (Å²) in [6, 6.07) is 6.23. The molecule has 0 aromatic heterocycles. The first-order chi connectivity index (χ1) is 7.65. The van der Waals surface area contributed by atoms with Crippen LogP contribution in [0.2, 0.25) is 0 Å². The summed E-state index contributed by atoms with van der Waals surface area (Å²) in [6.45, 7) is 0. The summed E-state index contributed by atoms with van der Waals surface area (Å²) in [5.74, 6) is -0.376. The number of anilines is 1. The van der Waals surface area contributed by atoms with E-state index < -0.39 is 12.1 Å². The van der Waals surface area contributed by atoms with E-state index in [1.165, 1.54) is 19.2 Å². The van der Waals surface area contributed by atoms with Gasteiger partial charge in [0.2, 0.25) is 0 Å². The van der Waals surface area contributed by atoms with Crippen LogP contribution in [0, 0.1) is 0 Å². The molecule has 0 spiro atoms. The highest BCUT2D eigenvalue weighted by Crippen LogP contribution is 2.16. The number of rotatable bonds is 3. The molecular weight excluding hydrogens is 234 g/mol. The van der Waals surface area contributed by atoms with E-state index in [0.29, 0.717) is 11.4 Å². The van der Waals surface area contributed by atoms with Gasteiger partial charge in [0.15, 0.2) is 0 Å². The van der Waals surface area contributed by atoms with E-state index in [0.717, 1.165) is 0 Å². The average Bonchev–Trinajstić information content (AvgIpc) is 2.31. The molecule has 16 heavy (non-hydrogen) atoms. The number of hydrogen-bond acceptors (Lipinski definition) is 4. The molecule has 0 radical (unpaired) electrons. The minimum absolute atomic E-state index is 0.206. The van der Waals surface area contributed by atoms with Crippen LogP contribution in [0.3, 0.4) is 0 Å². The van der Waals surface area contributed by atoms with E-state index in [2.05, 4.69) is 10.1 Å². The Morgan fingerprint density at radius 3 is 2.44 bits per heavy atom. The normalized spacial score (nSPS) is 9.38. The molecule has 86 valence electrons. The maximum absolute atomic E-state index is 10.9. The van der Waals surface area contributed by atoms with Gasteiger partial charge in [-0.3, -0.25) is 10.1 Å². The third-order valence-electron chi connectivity index (χ3n) is 1.63. The monoisotopic (exact) mass is 243 g/mol. The zero-order valence-electron chi connectivity index (χ0n) is 8.53. The first-order valence-corrected chi connectivity index (χ1v) is 4.91. The van der Waals surface area contributed by atoms with Crippen molar-refractivity contribution in [2.75, 3.05) is 18.3 Å². The number of hydrogen-bond donors (Lipinski definition) is 1. The van der Waals surface area contributed by atoms with E-state index in [-0.39, 0.29) is 5.88 Å². The van der Waals surface area contributed by atoms with E-state index in [1.54, 1.807) is 12.1 Å². The van der Waals surface area contributed by atoms with Crippen LogP contribution >= 0.6 is 11.6 Å². The summed E-state index contributed by atoms with van der Waals surface area (Å²) in [7, 11) is 1.27. The molecule has 1 amide bonds. The Labute approximate surface area is 97.3 Å². The van der Waals surface area contributed by atoms with Crippen molar-refractivity contribution in [3.63, 3.8) is 0 Å². The molecule has 1 rings (SSSR count). The number of nitrogens with one attached hydrogen (secondary N) is 1. The molecule has 0 saturated heterocycles. The molecule has 0 aliphatic carbocycles. The number of ether oxygens (including phenoxy) is 2. The van der Waals surface area contributed by atoms with E-state index in [1.807, 2.05) is 0 Å². The predicted octanol–water partition coefficient (Wildman–Crippen LogP) is 2.01. The molecule has 0 atom stereocenters. The predicted molar refractivity (Wildman–Crippen MR) is 58.8 cm³/mol. The Kier molecular flexibility index (Phi) is 4.60. The van der Waals surface area contributed by atoms with Crippen LogP contribution in [0.25, 0.3) is 0 Å². The van der Waals surface area contributed by atoms with Crippen molar-refractivity contribution in [2.24, 2.45) is 0 Å². The second-order valence-corrected chi connectivity index (χ2v) is 3.02. The lowest BCUT2D eigenvalue weighted by Gasteiger charge is -2.05. The van der Waals surface area contributed by atoms with Gasteiger partial charge in [-0.1, -0.05) is 0 Å². The van der Waals surface area contributed by atoms with Crippen molar-refractivity contribution in [3.8, 4) is 5.75 Å². The van der Waals surface area contributed by atoms with Gasteiger partial charge in [-0.05, 0) is 24.3 Å². The number of halogens is 1. The zero-order valence-corrected chi connectivity index (χ0v) is 9.28. The third kappa shape index (κ3) is 3.78. The third-order valence-corrected chi connectivity index (χ3v) is 1.85. The first-order valence-electron chi connectivity index (χ1n) is 4.37. The van der Waals surface area contributed by atoms with Gasteiger partial charge in [0, 0.05) is 5.69 Å². The highest BCUT2D eigenvalue weighted by Gasteiger charge is 2.03. The fourth-order valence-corrected chi connectivity index (χ4v) is 0.988. The summed E-state index contributed by atoms with van der Waals surface area (Å²) in [6.07, 6.45) is -0.564. The first kappa shape index (κ1) is 12.3. The summed E-state index contributed by atoms with van der Waals surface area (Å²) in [5, 5.41) is 2.46. The summed E-state index contributed by atoms with van der Waals surface area (Å²) in [4.78, 5) is 21.7. The number of methoxy groups -OCH3 is 1. The highest BCUT2D eigenvalue weighted by atomic mass is 35.5. The van der Waals surface area contributed by atoms with Crippen LogP contribution in [0.4, 0.5) is 10.5 Å². The van der Waals surface area contributed by atoms with Gasteiger partial charge < -0.3 is 9.47 Å². The van der Waals surface area contributed by atoms with Gasteiger partial charge in [0.25, 0.3) is 0 Å². The SMILES string of the molecule is COC(=O)Nc1ccc(OC(=O)CCl)cc1. The number of esters is 1. The topological polar surface area (TPSA) is 64.6 Å². The molecule has 0 fully saturated rings. The van der Waals surface area contributed by atoms with Crippen molar-refractivity contribution >= 4 is 29.4 Å². The molecular formula is C10H10ClNO4. The maximum Gasteiger partial charge on any atom is 0.411 e. The summed E-state index contributed by atoms with van der Waals surface area (Å²) in [5.41, 5.74) is 0.539. The number of benzene rings is 1. The number of carbonyl (C=O) groups excluding carboxylic acids is 2. The Morgan fingerprint density at radius 2 is 1.94 bits per heavy atom. The number of carbonyl (C=O) groups is 2. The Morgan fingerprint density at radius 1 is 1.31 bits per heavy atom. The fourth-order valence-electron chi connectivity index (χ4n) is 0.934. The largest absolute Gasteiger partial charge is 0.453 e.